The predicted octanol–water partition coefficient (Wildman–Crippen LogP) is 3.90. The molecule has 1 saturated carbocycles. The lowest BCUT2D eigenvalue weighted by molar-refractivity contribution is -0.193. The third-order valence-corrected chi connectivity index (χ3v) is 6.23. The van der Waals surface area contributed by atoms with Crippen molar-refractivity contribution < 1.29 is 46.1 Å². The molecule has 1 aromatic rings. The van der Waals surface area contributed by atoms with Gasteiger partial charge < -0.3 is 15.1 Å². The third kappa shape index (κ3) is 10.0. The molecule has 2 N–H and O–H groups in total. The molecule has 0 bridgehead atoms. The maximum absolute atomic E-state index is 10.6. The molecule has 3 fully saturated rings. The van der Waals surface area contributed by atoms with Crippen LogP contribution in [0, 0.1) is 17.8 Å². The number of aromatic nitrogens is 1. The number of pyridine rings is 1. The Hall–Kier alpha value is -2.41. The van der Waals surface area contributed by atoms with Crippen LogP contribution in [0.25, 0.3) is 0 Å². The van der Waals surface area contributed by atoms with Gasteiger partial charge in [-0.3, -0.25) is 9.88 Å². The van der Waals surface area contributed by atoms with Gasteiger partial charge in [0.2, 0.25) is 0 Å². The quantitative estimate of drug-likeness (QED) is 0.590. The fourth-order valence-electron chi connectivity index (χ4n) is 4.74. The Morgan fingerprint density at radius 1 is 0.857 bits per heavy atom. The summed E-state index contributed by atoms with van der Waals surface area (Å²) in [5.74, 6) is -2.68. The molecule has 35 heavy (non-hydrogen) atoms. The van der Waals surface area contributed by atoms with Crippen molar-refractivity contribution in [1.29, 1.82) is 0 Å². The number of carboxylic acid groups (broad SMARTS) is 2. The molecule has 2 aliphatic heterocycles. The summed E-state index contributed by atoms with van der Waals surface area (Å²) in [6, 6.07) is 6.26. The van der Waals surface area contributed by atoms with Gasteiger partial charge >= 0.3 is 24.3 Å². The van der Waals surface area contributed by atoms with Gasteiger partial charge in [-0.05, 0) is 42.7 Å². The molecule has 0 amide bonds. The highest BCUT2D eigenvalue weighted by Crippen LogP contribution is 2.34. The first-order valence-corrected chi connectivity index (χ1v) is 11.2. The van der Waals surface area contributed by atoms with E-state index in [9.17, 15) is 26.3 Å². The van der Waals surface area contributed by atoms with Crippen molar-refractivity contribution in [3.8, 4) is 0 Å². The SMILES string of the molecule is O=C(O)C(F)(F)F.O=C(O)C(F)(F)F.c1ccc(CN2C[C@@H]3CN(CC4CCCC4)C[C@@H]3C2)nc1. The van der Waals surface area contributed by atoms with Crippen molar-refractivity contribution in [3.63, 3.8) is 0 Å². The van der Waals surface area contributed by atoms with Crippen LogP contribution in [-0.4, -0.2) is 82.0 Å². The van der Waals surface area contributed by atoms with E-state index in [1.807, 2.05) is 12.3 Å². The van der Waals surface area contributed by atoms with E-state index in [0.29, 0.717) is 0 Å². The largest absolute Gasteiger partial charge is 0.490 e. The molecule has 0 aromatic carbocycles. The van der Waals surface area contributed by atoms with Gasteiger partial charge in [-0.1, -0.05) is 18.9 Å². The van der Waals surface area contributed by atoms with Crippen molar-refractivity contribution in [1.82, 2.24) is 14.8 Å². The molecular formula is C22H29F6N3O4. The van der Waals surface area contributed by atoms with E-state index in [0.717, 1.165) is 24.3 Å². The molecule has 13 heteroatoms. The Morgan fingerprint density at radius 2 is 1.31 bits per heavy atom. The second-order valence-corrected chi connectivity index (χ2v) is 9.01. The molecule has 2 saturated heterocycles. The molecule has 4 rings (SSSR count). The van der Waals surface area contributed by atoms with Gasteiger partial charge in [0, 0.05) is 45.5 Å². The summed E-state index contributed by atoms with van der Waals surface area (Å²) < 4.78 is 63.5. The lowest BCUT2D eigenvalue weighted by Crippen LogP contribution is -2.31. The molecule has 3 aliphatic rings. The molecule has 0 radical (unpaired) electrons. The number of nitrogens with zero attached hydrogens (tertiary/aromatic N) is 3. The van der Waals surface area contributed by atoms with Crippen molar-refractivity contribution in [2.75, 3.05) is 32.7 Å². The minimum Gasteiger partial charge on any atom is -0.475 e. The molecule has 0 unspecified atom stereocenters. The zero-order chi connectivity index (χ0) is 26.2. The monoisotopic (exact) mass is 513 g/mol. The highest BCUT2D eigenvalue weighted by Gasteiger charge is 2.40. The number of halogens is 6. The summed E-state index contributed by atoms with van der Waals surface area (Å²) in [5.41, 5.74) is 1.22. The number of hydrogen-bond acceptors (Lipinski definition) is 5. The van der Waals surface area contributed by atoms with Crippen LogP contribution in [0.5, 0.6) is 0 Å². The number of fused-ring (bicyclic) bond motifs is 1. The summed E-state index contributed by atoms with van der Waals surface area (Å²) in [7, 11) is 0. The van der Waals surface area contributed by atoms with Crippen molar-refractivity contribution in [2.45, 2.75) is 44.6 Å². The minimum atomic E-state index is -5.08. The van der Waals surface area contributed by atoms with E-state index in [4.69, 9.17) is 19.8 Å². The van der Waals surface area contributed by atoms with Crippen LogP contribution in [0.4, 0.5) is 26.3 Å². The standard InChI is InChI=1S/C18H27N3.2C2HF3O2/c1-2-6-15(5-1)9-20-10-16-12-21(13-17(16)11-20)14-18-7-3-4-8-19-18;2*3-2(4,5)1(6)7/h3-4,7-8,15-17H,1-2,5-6,9-14H2;2*(H,6,7)/t16-,17+;;. The van der Waals surface area contributed by atoms with Gasteiger partial charge in [-0.25, -0.2) is 9.59 Å². The van der Waals surface area contributed by atoms with Crippen LogP contribution in [0.3, 0.4) is 0 Å². The maximum atomic E-state index is 10.6. The van der Waals surface area contributed by atoms with E-state index < -0.39 is 24.3 Å². The molecule has 3 heterocycles. The lowest BCUT2D eigenvalue weighted by Gasteiger charge is -2.23. The number of alkyl halides is 6. The van der Waals surface area contributed by atoms with E-state index >= 15 is 0 Å². The summed E-state index contributed by atoms with van der Waals surface area (Å²) in [6.45, 7) is 7.67. The van der Waals surface area contributed by atoms with Crippen LogP contribution in [-0.2, 0) is 16.1 Å². The fourth-order valence-corrected chi connectivity index (χ4v) is 4.74. The molecule has 2 atom stereocenters. The summed E-state index contributed by atoms with van der Waals surface area (Å²) in [4.78, 5) is 27.6. The Morgan fingerprint density at radius 3 is 1.71 bits per heavy atom. The van der Waals surface area contributed by atoms with E-state index in [1.54, 1.807) is 0 Å². The van der Waals surface area contributed by atoms with Crippen molar-refractivity contribution >= 4 is 11.9 Å². The summed E-state index contributed by atoms with van der Waals surface area (Å²) >= 11 is 0. The topological polar surface area (TPSA) is 94.0 Å². The predicted molar refractivity (Wildman–Crippen MR) is 112 cm³/mol. The second-order valence-electron chi connectivity index (χ2n) is 9.01. The van der Waals surface area contributed by atoms with Crippen LogP contribution in [0.2, 0.25) is 0 Å². The van der Waals surface area contributed by atoms with Gasteiger partial charge in [0.1, 0.15) is 0 Å². The van der Waals surface area contributed by atoms with Crippen LogP contribution < -0.4 is 0 Å². The zero-order valence-corrected chi connectivity index (χ0v) is 18.9. The average Bonchev–Trinajstić information content (AvgIpc) is 3.46. The number of hydrogen-bond donors (Lipinski definition) is 2. The number of likely N-dealkylation sites (tertiary alicyclic amines) is 2. The molecule has 1 aromatic heterocycles. The van der Waals surface area contributed by atoms with Crippen LogP contribution in [0.15, 0.2) is 24.4 Å². The Balaban J connectivity index is 0.000000257. The number of aliphatic carboxylic acids is 2. The summed E-state index contributed by atoms with van der Waals surface area (Å²) in [6.07, 6.45) is -2.34. The second kappa shape index (κ2) is 12.5. The Bertz CT molecular complexity index is 778. The lowest BCUT2D eigenvalue weighted by atomic mass is 10.0. The van der Waals surface area contributed by atoms with Crippen molar-refractivity contribution in [3.05, 3.63) is 30.1 Å². The first kappa shape index (κ1) is 28.8. The number of carbonyl (C=O) groups is 2. The van der Waals surface area contributed by atoms with E-state index in [1.165, 1.54) is 64.1 Å². The molecule has 198 valence electrons. The smallest absolute Gasteiger partial charge is 0.475 e. The van der Waals surface area contributed by atoms with Gasteiger partial charge in [0.15, 0.2) is 0 Å². The first-order chi connectivity index (χ1) is 16.3. The van der Waals surface area contributed by atoms with Gasteiger partial charge in [-0.15, -0.1) is 0 Å². The highest BCUT2D eigenvalue weighted by atomic mass is 19.4. The van der Waals surface area contributed by atoms with Gasteiger partial charge in [0.05, 0.1) is 5.69 Å². The number of carboxylic acids is 2. The van der Waals surface area contributed by atoms with Gasteiger partial charge in [0.25, 0.3) is 0 Å². The van der Waals surface area contributed by atoms with Crippen LogP contribution >= 0.6 is 0 Å². The Labute approximate surface area is 198 Å². The molecular weight excluding hydrogens is 484 g/mol. The molecule has 0 spiro atoms. The van der Waals surface area contributed by atoms with Crippen LogP contribution in [0.1, 0.15) is 31.4 Å². The highest BCUT2D eigenvalue weighted by molar-refractivity contribution is 5.73. The zero-order valence-electron chi connectivity index (χ0n) is 18.9. The number of rotatable bonds is 4. The minimum absolute atomic E-state index is 0.912. The van der Waals surface area contributed by atoms with Gasteiger partial charge in [-0.2, -0.15) is 26.3 Å². The third-order valence-electron chi connectivity index (χ3n) is 6.23. The summed E-state index contributed by atoms with van der Waals surface area (Å²) in [5, 5.41) is 14.2. The maximum Gasteiger partial charge on any atom is 0.490 e. The average molecular weight is 513 g/mol. The first-order valence-electron chi connectivity index (χ1n) is 11.2. The normalized spacial score (nSPS) is 23.1. The van der Waals surface area contributed by atoms with Crippen molar-refractivity contribution in [2.24, 2.45) is 17.8 Å². The molecule has 1 aliphatic carbocycles. The molecule has 7 nitrogen and oxygen atoms in total. The van der Waals surface area contributed by atoms with E-state index in [-0.39, 0.29) is 0 Å². The Kier molecular flexibility index (Phi) is 10.3. The fraction of sp³-hybridized carbons (Fsp3) is 0.682. The van der Waals surface area contributed by atoms with E-state index in [2.05, 4.69) is 26.9 Å².